The van der Waals surface area contributed by atoms with Gasteiger partial charge in [0.05, 0.1) is 17.7 Å². The number of esters is 1. The van der Waals surface area contributed by atoms with E-state index in [1.807, 2.05) is 6.07 Å². The van der Waals surface area contributed by atoms with E-state index in [4.69, 9.17) is 32.7 Å². The number of carbonyl (C=O) groups excluding carboxylic acids is 2. The molecule has 8 heteroatoms. The van der Waals surface area contributed by atoms with Crippen LogP contribution in [0.4, 0.5) is 0 Å². The molecule has 0 aliphatic carbocycles. The van der Waals surface area contributed by atoms with Gasteiger partial charge < -0.3 is 14.8 Å². The van der Waals surface area contributed by atoms with Crippen molar-refractivity contribution < 1.29 is 19.1 Å². The maximum atomic E-state index is 12.4. The summed E-state index contributed by atoms with van der Waals surface area (Å²) in [5.41, 5.74) is 0.566. The summed E-state index contributed by atoms with van der Waals surface area (Å²) in [5.74, 6) is -0.828. The normalized spacial score (nSPS) is 10.6. The molecule has 2 aromatic rings. The van der Waals surface area contributed by atoms with Gasteiger partial charge in [-0.05, 0) is 42.0 Å². The number of hydrogen-bond acceptors (Lipinski definition) is 5. The molecule has 29 heavy (non-hydrogen) atoms. The van der Waals surface area contributed by atoms with E-state index in [1.54, 1.807) is 6.07 Å². The summed E-state index contributed by atoms with van der Waals surface area (Å²) in [7, 11) is 1.40. The average Bonchev–Trinajstić information content (AvgIpc) is 2.70. The van der Waals surface area contributed by atoms with E-state index in [2.05, 4.69) is 11.9 Å². The fourth-order valence-electron chi connectivity index (χ4n) is 2.24. The molecule has 0 fully saturated rings. The third kappa shape index (κ3) is 5.85. The van der Waals surface area contributed by atoms with Crippen LogP contribution in [0.15, 0.2) is 54.6 Å². The summed E-state index contributed by atoms with van der Waals surface area (Å²) in [6, 6.07) is 10.9. The number of ether oxygens (including phenoxy) is 2. The quantitative estimate of drug-likeness (QED) is 0.230. The lowest BCUT2D eigenvalue weighted by Crippen LogP contribution is -2.24. The maximum Gasteiger partial charge on any atom is 0.345 e. The first-order valence-electron chi connectivity index (χ1n) is 8.25. The highest BCUT2D eigenvalue weighted by molar-refractivity contribution is 6.36. The van der Waals surface area contributed by atoms with Crippen molar-refractivity contribution in [3.8, 4) is 17.6 Å². The van der Waals surface area contributed by atoms with Crippen molar-refractivity contribution in [3.63, 3.8) is 0 Å². The molecule has 0 bridgehead atoms. The summed E-state index contributed by atoms with van der Waals surface area (Å²) in [6.45, 7) is 3.74. The monoisotopic (exact) mass is 430 g/mol. The highest BCUT2D eigenvalue weighted by atomic mass is 35.5. The van der Waals surface area contributed by atoms with E-state index in [0.717, 1.165) is 0 Å². The van der Waals surface area contributed by atoms with Crippen molar-refractivity contribution in [1.29, 1.82) is 5.26 Å². The van der Waals surface area contributed by atoms with Crippen molar-refractivity contribution in [2.24, 2.45) is 0 Å². The van der Waals surface area contributed by atoms with Crippen LogP contribution >= 0.6 is 23.2 Å². The number of hydrogen-bond donors (Lipinski definition) is 1. The molecule has 148 valence electrons. The first-order chi connectivity index (χ1) is 13.9. The molecule has 2 aromatic carbocycles. The summed E-state index contributed by atoms with van der Waals surface area (Å²) in [4.78, 5) is 24.3. The lowest BCUT2D eigenvalue weighted by molar-refractivity contribution is -0.116. The number of carbonyl (C=O) groups is 2. The minimum Gasteiger partial charge on any atom is -0.493 e. The van der Waals surface area contributed by atoms with E-state index in [0.29, 0.717) is 10.6 Å². The van der Waals surface area contributed by atoms with Crippen LogP contribution < -0.4 is 14.8 Å². The molecule has 0 unspecified atom stereocenters. The summed E-state index contributed by atoms with van der Waals surface area (Å²) in [6.07, 6.45) is 2.90. The number of nitrogens with zero attached hydrogens (tertiary/aromatic N) is 1. The maximum absolute atomic E-state index is 12.4. The Morgan fingerprint density at radius 1 is 1.21 bits per heavy atom. The van der Waals surface area contributed by atoms with Crippen LogP contribution in [0.2, 0.25) is 10.0 Å². The number of nitrogens with one attached hydrogen (secondary N) is 1. The van der Waals surface area contributed by atoms with Crippen LogP contribution in [0, 0.1) is 11.3 Å². The lowest BCUT2D eigenvalue weighted by Gasteiger charge is -2.11. The number of halogens is 2. The zero-order chi connectivity index (χ0) is 21.4. The Bertz CT molecular complexity index is 1030. The molecular formula is C21H16Cl2N2O4. The molecule has 0 aliphatic rings. The second-order valence-electron chi connectivity index (χ2n) is 5.59. The van der Waals surface area contributed by atoms with Crippen LogP contribution in [-0.2, 0) is 4.79 Å². The van der Waals surface area contributed by atoms with Crippen LogP contribution in [-0.4, -0.2) is 25.5 Å². The number of rotatable bonds is 7. The molecule has 0 saturated heterocycles. The van der Waals surface area contributed by atoms with Gasteiger partial charge in [0.2, 0.25) is 0 Å². The van der Waals surface area contributed by atoms with Crippen molar-refractivity contribution in [2.45, 2.75) is 0 Å². The predicted octanol–water partition coefficient (Wildman–Crippen LogP) is 4.43. The zero-order valence-electron chi connectivity index (χ0n) is 15.4. The van der Waals surface area contributed by atoms with Gasteiger partial charge in [-0.15, -0.1) is 6.58 Å². The second kappa shape index (κ2) is 10.3. The number of nitriles is 1. The Morgan fingerprint density at radius 2 is 1.97 bits per heavy atom. The van der Waals surface area contributed by atoms with E-state index in [1.165, 1.54) is 49.6 Å². The second-order valence-corrected chi connectivity index (χ2v) is 6.44. The van der Waals surface area contributed by atoms with Gasteiger partial charge in [-0.25, -0.2) is 4.79 Å². The van der Waals surface area contributed by atoms with Crippen molar-refractivity contribution in [3.05, 3.63) is 75.8 Å². The molecule has 1 N–H and O–H groups in total. The van der Waals surface area contributed by atoms with Gasteiger partial charge in [0.15, 0.2) is 11.5 Å². The summed E-state index contributed by atoms with van der Waals surface area (Å²) >= 11 is 11.9. The third-order valence-electron chi connectivity index (χ3n) is 3.62. The molecule has 1 amide bonds. The van der Waals surface area contributed by atoms with E-state index in [9.17, 15) is 14.9 Å². The van der Waals surface area contributed by atoms with Gasteiger partial charge in [-0.2, -0.15) is 5.26 Å². The van der Waals surface area contributed by atoms with Crippen molar-refractivity contribution in [1.82, 2.24) is 5.32 Å². The van der Waals surface area contributed by atoms with Gasteiger partial charge in [-0.3, -0.25) is 4.79 Å². The molecule has 0 spiro atoms. The molecule has 0 heterocycles. The van der Waals surface area contributed by atoms with Crippen LogP contribution in [0.3, 0.4) is 0 Å². The molecule has 2 rings (SSSR count). The minimum absolute atomic E-state index is 0.0911. The predicted molar refractivity (Wildman–Crippen MR) is 111 cm³/mol. The zero-order valence-corrected chi connectivity index (χ0v) is 16.9. The van der Waals surface area contributed by atoms with Gasteiger partial charge >= 0.3 is 5.97 Å². The van der Waals surface area contributed by atoms with Gasteiger partial charge in [0.25, 0.3) is 5.91 Å². The van der Waals surface area contributed by atoms with E-state index in [-0.39, 0.29) is 34.2 Å². The number of methoxy groups -OCH3 is 1. The van der Waals surface area contributed by atoms with Crippen LogP contribution in [0.25, 0.3) is 6.08 Å². The van der Waals surface area contributed by atoms with Crippen molar-refractivity contribution in [2.75, 3.05) is 13.7 Å². The fraction of sp³-hybridized carbons (Fsp3) is 0.0952. The first kappa shape index (κ1) is 22.0. The van der Waals surface area contributed by atoms with Gasteiger partial charge in [0.1, 0.15) is 11.6 Å². The minimum atomic E-state index is -0.685. The molecule has 0 atom stereocenters. The Labute approximate surface area is 177 Å². The Hall–Kier alpha value is -3.27. The molecule has 0 radical (unpaired) electrons. The Balaban J connectivity index is 2.27. The van der Waals surface area contributed by atoms with Crippen LogP contribution in [0.5, 0.6) is 11.5 Å². The van der Waals surface area contributed by atoms with Crippen molar-refractivity contribution >= 4 is 41.2 Å². The molecule has 6 nitrogen and oxygen atoms in total. The van der Waals surface area contributed by atoms with Gasteiger partial charge in [0, 0.05) is 11.6 Å². The summed E-state index contributed by atoms with van der Waals surface area (Å²) in [5, 5.41) is 12.3. The third-order valence-corrected chi connectivity index (χ3v) is 4.17. The SMILES string of the molecule is C=CCNC(=O)C(C#N)=Cc1ccc(OC(=O)c2ccc(Cl)cc2Cl)c(OC)c1. The average molecular weight is 431 g/mol. The lowest BCUT2D eigenvalue weighted by atomic mass is 10.1. The van der Waals surface area contributed by atoms with E-state index < -0.39 is 11.9 Å². The van der Waals surface area contributed by atoms with Crippen LogP contribution in [0.1, 0.15) is 15.9 Å². The largest absolute Gasteiger partial charge is 0.493 e. The summed E-state index contributed by atoms with van der Waals surface area (Å²) < 4.78 is 10.6. The topological polar surface area (TPSA) is 88.4 Å². The van der Waals surface area contributed by atoms with Gasteiger partial charge in [-0.1, -0.05) is 35.3 Å². The Kier molecular flexibility index (Phi) is 7.84. The molecule has 0 saturated carbocycles. The van der Waals surface area contributed by atoms with E-state index >= 15 is 0 Å². The highest BCUT2D eigenvalue weighted by Crippen LogP contribution is 2.31. The molecule has 0 aliphatic heterocycles. The number of benzene rings is 2. The highest BCUT2D eigenvalue weighted by Gasteiger charge is 2.16. The molecular weight excluding hydrogens is 415 g/mol. The Morgan fingerprint density at radius 3 is 2.59 bits per heavy atom. The first-order valence-corrected chi connectivity index (χ1v) is 9.01. The number of amides is 1. The molecule has 0 aromatic heterocycles. The smallest absolute Gasteiger partial charge is 0.345 e. The standard InChI is InChI=1S/C21H16Cl2N2O4/c1-3-8-25-20(26)14(12-24)9-13-4-7-18(19(10-13)28-2)29-21(27)16-6-5-15(22)11-17(16)23/h3-7,9-11H,1,8H2,2H3,(H,25,26). The fourth-order valence-corrected chi connectivity index (χ4v) is 2.73.